The number of aryl methyl sites for hydroxylation is 1. The molecule has 1 aromatic rings. The maximum Gasteiger partial charge on any atom is 0.224 e. The van der Waals surface area contributed by atoms with E-state index in [2.05, 4.69) is 10.3 Å². The van der Waals surface area contributed by atoms with Crippen molar-refractivity contribution < 1.29 is 9.53 Å². The van der Waals surface area contributed by atoms with Gasteiger partial charge in [0.1, 0.15) is 0 Å². The summed E-state index contributed by atoms with van der Waals surface area (Å²) in [5, 5.41) is 3.23. The maximum absolute atomic E-state index is 11.9. The van der Waals surface area contributed by atoms with Gasteiger partial charge >= 0.3 is 0 Å². The topological polar surface area (TPSA) is 54.5 Å². The Morgan fingerprint density at radius 1 is 1.42 bits per heavy atom. The van der Waals surface area contributed by atoms with Gasteiger partial charge in [-0.1, -0.05) is 0 Å². The van der Waals surface area contributed by atoms with Crippen molar-refractivity contribution in [3.63, 3.8) is 0 Å². The SMILES string of the molecule is CCN(CC)C(=O)CCNc1cc(C)ncc1OC. The van der Waals surface area contributed by atoms with Gasteiger partial charge in [-0.3, -0.25) is 9.78 Å². The maximum atomic E-state index is 11.9. The molecule has 0 unspecified atom stereocenters. The zero-order valence-corrected chi connectivity index (χ0v) is 12.2. The number of nitrogens with zero attached hydrogens (tertiary/aromatic N) is 2. The van der Waals surface area contributed by atoms with Crippen LogP contribution in [0.15, 0.2) is 12.3 Å². The van der Waals surface area contributed by atoms with Crippen molar-refractivity contribution in [2.24, 2.45) is 0 Å². The summed E-state index contributed by atoms with van der Waals surface area (Å²) in [5.41, 5.74) is 1.79. The summed E-state index contributed by atoms with van der Waals surface area (Å²) in [6.45, 7) is 8.01. The first-order valence-electron chi connectivity index (χ1n) is 6.64. The highest BCUT2D eigenvalue weighted by Crippen LogP contribution is 2.23. The minimum Gasteiger partial charge on any atom is -0.493 e. The van der Waals surface area contributed by atoms with Crippen LogP contribution in [0.1, 0.15) is 26.0 Å². The van der Waals surface area contributed by atoms with Crippen molar-refractivity contribution in [1.82, 2.24) is 9.88 Å². The minimum atomic E-state index is 0.169. The van der Waals surface area contributed by atoms with E-state index in [0.29, 0.717) is 18.7 Å². The molecule has 0 aliphatic heterocycles. The van der Waals surface area contributed by atoms with Crippen molar-refractivity contribution in [2.75, 3.05) is 32.1 Å². The average Bonchev–Trinajstić information content (AvgIpc) is 2.40. The molecule has 106 valence electrons. The van der Waals surface area contributed by atoms with Gasteiger partial charge < -0.3 is 15.0 Å². The van der Waals surface area contributed by atoms with E-state index in [4.69, 9.17) is 4.74 Å². The van der Waals surface area contributed by atoms with Gasteiger partial charge in [-0.15, -0.1) is 0 Å². The molecule has 1 aromatic heterocycles. The number of rotatable bonds is 7. The van der Waals surface area contributed by atoms with Gasteiger partial charge in [0.05, 0.1) is 19.0 Å². The van der Waals surface area contributed by atoms with Crippen molar-refractivity contribution in [1.29, 1.82) is 0 Å². The number of hydrogen-bond acceptors (Lipinski definition) is 4. The summed E-state index contributed by atoms with van der Waals surface area (Å²) in [7, 11) is 1.61. The Hall–Kier alpha value is -1.78. The van der Waals surface area contributed by atoms with E-state index in [1.165, 1.54) is 0 Å². The van der Waals surface area contributed by atoms with Crippen molar-refractivity contribution >= 4 is 11.6 Å². The van der Waals surface area contributed by atoms with E-state index in [9.17, 15) is 4.79 Å². The van der Waals surface area contributed by atoms with Gasteiger partial charge in [0.15, 0.2) is 5.75 Å². The molecule has 1 N–H and O–H groups in total. The van der Waals surface area contributed by atoms with Gasteiger partial charge in [0.25, 0.3) is 0 Å². The van der Waals surface area contributed by atoms with E-state index in [1.807, 2.05) is 31.7 Å². The number of aromatic nitrogens is 1. The van der Waals surface area contributed by atoms with E-state index >= 15 is 0 Å². The summed E-state index contributed by atoms with van der Waals surface area (Å²) in [6.07, 6.45) is 2.16. The van der Waals surface area contributed by atoms with Gasteiger partial charge in [-0.05, 0) is 26.8 Å². The van der Waals surface area contributed by atoms with Crippen LogP contribution in [0.25, 0.3) is 0 Å². The molecule has 0 bridgehead atoms. The van der Waals surface area contributed by atoms with Crippen LogP contribution in [0.3, 0.4) is 0 Å². The zero-order valence-electron chi connectivity index (χ0n) is 12.2. The number of pyridine rings is 1. The first-order valence-corrected chi connectivity index (χ1v) is 6.64. The van der Waals surface area contributed by atoms with Gasteiger partial charge in [-0.25, -0.2) is 0 Å². The van der Waals surface area contributed by atoms with E-state index < -0.39 is 0 Å². The molecule has 0 aliphatic rings. The third-order valence-corrected chi connectivity index (χ3v) is 2.99. The molecule has 5 nitrogen and oxygen atoms in total. The second kappa shape index (κ2) is 7.61. The molecule has 5 heteroatoms. The molecule has 0 aromatic carbocycles. The number of nitrogens with one attached hydrogen (secondary N) is 1. The van der Waals surface area contributed by atoms with Crippen LogP contribution < -0.4 is 10.1 Å². The molecule has 0 radical (unpaired) electrons. The number of ether oxygens (including phenoxy) is 1. The number of methoxy groups -OCH3 is 1. The fourth-order valence-corrected chi connectivity index (χ4v) is 1.89. The lowest BCUT2D eigenvalue weighted by molar-refractivity contribution is -0.130. The molecular formula is C14H23N3O2. The molecule has 0 saturated heterocycles. The third-order valence-electron chi connectivity index (χ3n) is 2.99. The fourth-order valence-electron chi connectivity index (χ4n) is 1.89. The number of hydrogen-bond donors (Lipinski definition) is 1. The predicted octanol–water partition coefficient (Wildman–Crippen LogP) is 2.07. The standard InChI is InChI=1S/C14H23N3O2/c1-5-17(6-2)14(18)7-8-15-12-9-11(3)16-10-13(12)19-4/h9-10H,5-8H2,1-4H3,(H,15,16). The van der Waals surface area contributed by atoms with E-state index in [-0.39, 0.29) is 5.91 Å². The smallest absolute Gasteiger partial charge is 0.224 e. The average molecular weight is 265 g/mol. The number of amides is 1. The normalized spacial score (nSPS) is 10.1. The monoisotopic (exact) mass is 265 g/mol. The van der Waals surface area contributed by atoms with E-state index in [0.717, 1.165) is 24.5 Å². The second-order valence-electron chi connectivity index (χ2n) is 4.27. The quantitative estimate of drug-likeness (QED) is 0.820. The van der Waals surface area contributed by atoms with Gasteiger partial charge in [0, 0.05) is 31.7 Å². The Labute approximate surface area is 115 Å². The summed E-state index contributed by atoms with van der Waals surface area (Å²) < 4.78 is 5.23. The van der Waals surface area contributed by atoms with Crippen LogP contribution in [-0.4, -0.2) is 42.5 Å². The molecule has 1 heterocycles. The van der Waals surface area contributed by atoms with Crippen LogP contribution >= 0.6 is 0 Å². The lowest BCUT2D eigenvalue weighted by atomic mass is 10.3. The first-order chi connectivity index (χ1) is 9.12. The molecule has 0 aliphatic carbocycles. The zero-order chi connectivity index (χ0) is 14.3. The third kappa shape index (κ3) is 4.43. The summed E-state index contributed by atoms with van der Waals surface area (Å²) in [4.78, 5) is 17.9. The Morgan fingerprint density at radius 3 is 2.68 bits per heavy atom. The van der Waals surface area contributed by atoms with E-state index in [1.54, 1.807) is 13.3 Å². The molecule has 19 heavy (non-hydrogen) atoms. The van der Waals surface area contributed by atoms with Gasteiger partial charge in [-0.2, -0.15) is 0 Å². The minimum absolute atomic E-state index is 0.169. The highest BCUT2D eigenvalue weighted by atomic mass is 16.5. The summed E-state index contributed by atoms with van der Waals surface area (Å²) in [6, 6.07) is 1.92. The predicted molar refractivity (Wildman–Crippen MR) is 76.6 cm³/mol. The van der Waals surface area contributed by atoms with Crippen LogP contribution in [-0.2, 0) is 4.79 Å². The second-order valence-corrected chi connectivity index (χ2v) is 4.27. The highest BCUT2D eigenvalue weighted by Gasteiger charge is 2.09. The largest absolute Gasteiger partial charge is 0.493 e. The number of anilines is 1. The Balaban J connectivity index is 2.53. The van der Waals surface area contributed by atoms with Crippen molar-refractivity contribution in [3.05, 3.63) is 18.0 Å². The van der Waals surface area contributed by atoms with Crippen molar-refractivity contribution in [2.45, 2.75) is 27.2 Å². The Morgan fingerprint density at radius 2 is 2.11 bits per heavy atom. The molecule has 0 spiro atoms. The lowest BCUT2D eigenvalue weighted by Gasteiger charge is -2.19. The first kappa shape index (κ1) is 15.3. The molecule has 1 amide bonds. The van der Waals surface area contributed by atoms with Gasteiger partial charge in [0.2, 0.25) is 5.91 Å². The van der Waals surface area contributed by atoms with Crippen LogP contribution in [0.5, 0.6) is 5.75 Å². The summed E-state index contributed by atoms with van der Waals surface area (Å²) >= 11 is 0. The van der Waals surface area contributed by atoms with Crippen LogP contribution in [0, 0.1) is 6.92 Å². The molecule has 0 fully saturated rings. The lowest BCUT2D eigenvalue weighted by Crippen LogP contribution is -2.31. The van der Waals surface area contributed by atoms with Crippen LogP contribution in [0.4, 0.5) is 5.69 Å². The fraction of sp³-hybridized carbons (Fsp3) is 0.571. The molecule has 0 atom stereocenters. The molecular weight excluding hydrogens is 242 g/mol. The highest BCUT2D eigenvalue weighted by molar-refractivity contribution is 5.76. The Bertz CT molecular complexity index is 417. The molecule has 1 rings (SSSR count). The van der Waals surface area contributed by atoms with Crippen molar-refractivity contribution in [3.8, 4) is 5.75 Å². The summed E-state index contributed by atoms with van der Waals surface area (Å²) in [5.74, 6) is 0.864. The number of carbonyl (C=O) groups is 1. The molecule has 0 saturated carbocycles. The Kier molecular flexibility index (Phi) is 6.12. The van der Waals surface area contributed by atoms with Crippen LogP contribution in [0.2, 0.25) is 0 Å². The number of carbonyl (C=O) groups excluding carboxylic acids is 1.